The average molecular weight is 409 g/mol. The van der Waals surface area contributed by atoms with Crippen molar-refractivity contribution in [2.75, 3.05) is 0 Å². The minimum atomic E-state index is 0.318. The molecule has 1 aliphatic rings. The summed E-state index contributed by atoms with van der Waals surface area (Å²) < 4.78 is 4.59. The van der Waals surface area contributed by atoms with E-state index in [0.29, 0.717) is 12.0 Å². The summed E-state index contributed by atoms with van der Waals surface area (Å²) in [4.78, 5) is 0. The van der Waals surface area contributed by atoms with Gasteiger partial charge in [-0.25, -0.2) is 4.57 Å². The Morgan fingerprint density at radius 3 is 1.97 bits per heavy atom. The summed E-state index contributed by atoms with van der Waals surface area (Å²) in [5, 5.41) is 5.08. The van der Waals surface area contributed by atoms with E-state index < -0.39 is 0 Å². The van der Waals surface area contributed by atoms with Crippen molar-refractivity contribution >= 4 is 0 Å². The van der Waals surface area contributed by atoms with E-state index in [-0.39, 0.29) is 0 Å². The molecular weight excluding hydrogens is 378 g/mol. The molecule has 4 aromatic rings. The number of benzene rings is 3. The maximum atomic E-state index is 5.08. The zero-order chi connectivity index (χ0) is 21.2. The van der Waals surface area contributed by atoms with E-state index in [2.05, 4.69) is 108 Å². The number of nitrogens with zero attached hydrogens (tertiary/aromatic N) is 3. The predicted octanol–water partition coefficient (Wildman–Crippen LogP) is 5.60. The molecule has 1 aliphatic heterocycles. The molecular formula is C28H30N3+. The summed E-state index contributed by atoms with van der Waals surface area (Å²) in [5.41, 5.74) is 6.73. The number of rotatable bonds is 6. The SMILES string of the molecule is CCc1cccc(CC)c1-n1c[n+]2c(n1)CC[C@H]2C(c1ccccc1)c1ccccc1. The molecule has 0 spiro atoms. The van der Waals surface area contributed by atoms with Gasteiger partial charge in [0.15, 0.2) is 0 Å². The highest BCUT2D eigenvalue weighted by Gasteiger charge is 2.38. The molecule has 1 aromatic heterocycles. The average Bonchev–Trinajstić information content (AvgIpc) is 3.42. The van der Waals surface area contributed by atoms with Gasteiger partial charge in [-0.2, -0.15) is 0 Å². The van der Waals surface area contributed by atoms with Gasteiger partial charge in [0.1, 0.15) is 5.69 Å². The highest BCUT2D eigenvalue weighted by atomic mass is 15.4. The van der Waals surface area contributed by atoms with Crippen LogP contribution < -0.4 is 4.57 Å². The summed E-state index contributed by atoms with van der Waals surface area (Å²) in [6, 6.07) is 28.9. The Bertz CT molecular complexity index is 1100. The van der Waals surface area contributed by atoms with Gasteiger partial charge in [0.25, 0.3) is 5.82 Å². The highest BCUT2D eigenvalue weighted by Crippen LogP contribution is 2.37. The molecule has 0 N–H and O–H groups in total. The molecule has 3 heteroatoms. The minimum absolute atomic E-state index is 0.318. The molecule has 0 aliphatic carbocycles. The van der Waals surface area contributed by atoms with Crippen molar-refractivity contribution in [3.05, 3.63) is 113 Å². The Balaban J connectivity index is 1.61. The Labute approximate surface area is 185 Å². The van der Waals surface area contributed by atoms with E-state index in [1.54, 1.807) is 0 Å². The summed E-state index contributed by atoms with van der Waals surface area (Å²) in [6.45, 7) is 4.46. The van der Waals surface area contributed by atoms with Gasteiger partial charge in [0.2, 0.25) is 6.33 Å². The van der Waals surface area contributed by atoms with E-state index in [9.17, 15) is 0 Å². The monoisotopic (exact) mass is 408 g/mol. The van der Waals surface area contributed by atoms with Gasteiger partial charge < -0.3 is 0 Å². The lowest BCUT2D eigenvalue weighted by Crippen LogP contribution is -2.40. The van der Waals surface area contributed by atoms with Gasteiger partial charge in [0, 0.05) is 17.4 Å². The lowest BCUT2D eigenvalue weighted by Gasteiger charge is -2.23. The third-order valence-corrected chi connectivity index (χ3v) is 6.67. The fourth-order valence-corrected chi connectivity index (χ4v) is 5.16. The lowest BCUT2D eigenvalue weighted by atomic mass is 9.84. The van der Waals surface area contributed by atoms with Gasteiger partial charge in [-0.1, -0.05) is 97.4 Å². The molecule has 0 fully saturated rings. The topological polar surface area (TPSA) is 21.7 Å². The number of para-hydroxylation sites is 1. The van der Waals surface area contributed by atoms with E-state index in [4.69, 9.17) is 5.10 Å². The summed E-state index contributed by atoms with van der Waals surface area (Å²) in [6.07, 6.45) is 6.41. The zero-order valence-electron chi connectivity index (χ0n) is 18.4. The number of fused-ring (bicyclic) bond motifs is 1. The van der Waals surface area contributed by atoms with E-state index in [1.165, 1.54) is 33.8 Å². The molecule has 3 nitrogen and oxygen atoms in total. The third kappa shape index (κ3) is 3.59. The molecule has 0 amide bonds. The van der Waals surface area contributed by atoms with Crippen molar-refractivity contribution in [2.45, 2.75) is 51.5 Å². The first-order valence-electron chi connectivity index (χ1n) is 11.5. The van der Waals surface area contributed by atoms with Gasteiger partial charge in [-0.3, -0.25) is 0 Å². The van der Waals surface area contributed by atoms with Crippen LogP contribution in [0.4, 0.5) is 0 Å². The normalized spacial score (nSPS) is 15.4. The van der Waals surface area contributed by atoms with Crippen LogP contribution in [0.2, 0.25) is 0 Å². The summed E-state index contributed by atoms with van der Waals surface area (Å²) >= 11 is 0. The predicted molar refractivity (Wildman–Crippen MR) is 125 cm³/mol. The molecule has 0 radical (unpaired) electrons. The van der Waals surface area contributed by atoms with Crippen molar-refractivity contribution in [3.8, 4) is 5.69 Å². The first-order valence-corrected chi connectivity index (χ1v) is 11.5. The van der Waals surface area contributed by atoms with Crippen LogP contribution in [-0.4, -0.2) is 9.78 Å². The van der Waals surface area contributed by atoms with Crippen molar-refractivity contribution in [1.29, 1.82) is 0 Å². The molecule has 1 atom stereocenters. The van der Waals surface area contributed by atoms with Crippen molar-refractivity contribution in [1.82, 2.24) is 9.78 Å². The Morgan fingerprint density at radius 1 is 0.839 bits per heavy atom. The molecule has 2 heterocycles. The van der Waals surface area contributed by atoms with E-state index >= 15 is 0 Å². The van der Waals surface area contributed by atoms with Crippen molar-refractivity contribution < 1.29 is 4.57 Å². The van der Waals surface area contributed by atoms with Crippen LogP contribution in [0.15, 0.2) is 85.2 Å². The second-order valence-corrected chi connectivity index (χ2v) is 8.42. The van der Waals surface area contributed by atoms with E-state index in [1.807, 2.05) is 0 Å². The Hall–Kier alpha value is -3.20. The van der Waals surface area contributed by atoms with Crippen molar-refractivity contribution in [3.63, 3.8) is 0 Å². The second kappa shape index (κ2) is 8.50. The fourth-order valence-electron chi connectivity index (χ4n) is 5.16. The third-order valence-electron chi connectivity index (χ3n) is 6.67. The van der Waals surface area contributed by atoms with Gasteiger partial charge in [-0.05, 0) is 41.5 Å². The highest BCUT2D eigenvalue weighted by molar-refractivity contribution is 5.47. The molecule has 0 saturated heterocycles. The lowest BCUT2D eigenvalue weighted by molar-refractivity contribution is -0.718. The van der Waals surface area contributed by atoms with Crippen molar-refractivity contribution in [2.24, 2.45) is 0 Å². The molecule has 5 rings (SSSR count). The number of aryl methyl sites for hydroxylation is 3. The molecule has 31 heavy (non-hydrogen) atoms. The first kappa shape index (κ1) is 19.7. The molecule has 0 saturated carbocycles. The maximum absolute atomic E-state index is 5.08. The second-order valence-electron chi connectivity index (χ2n) is 8.42. The largest absolute Gasteiger partial charge is 0.278 e. The van der Waals surface area contributed by atoms with Crippen LogP contribution >= 0.6 is 0 Å². The van der Waals surface area contributed by atoms with Gasteiger partial charge in [-0.15, -0.1) is 0 Å². The Morgan fingerprint density at radius 2 is 1.42 bits per heavy atom. The minimum Gasteiger partial charge on any atom is -0.230 e. The number of hydrogen-bond acceptors (Lipinski definition) is 1. The summed E-state index contributed by atoms with van der Waals surface area (Å²) in [7, 11) is 0. The van der Waals surface area contributed by atoms with Crippen LogP contribution in [0.1, 0.15) is 60.3 Å². The van der Waals surface area contributed by atoms with Crippen LogP contribution in [0.25, 0.3) is 5.69 Å². The van der Waals surface area contributed by atoms with Crippen LogP contribution in [0, 0.1) is 0 Å². The summed E-state index contributed by atoms with van der Waals surface area (Å²) in [5.74, 6) is 1.51. The molecule has 0 bridgehead atoms. The van der Waals surface area contributed by atoms with Gasteiger partial charge in [0.05, 0.1) is 6.04 Å². The molecule has 3 aromatic carbocycles. The van der Waals surface area contributed by atoms with E-state index in [0.717, 1.165) is 25.7 Å². The van der Waals surface area contributed by atoms with Crippen LogP contribution in [0.3, 0.4) is 0 Å². The molecule has 0 unspecified atom stereocenters. The Kier molecular flexibility index (Phi) is 5.42. The fraction of sp³-hybridized carbons (Fsp3) is 0.286. The molecule has 156 valence electrons. The smallest absolute Gasteiger partial charge is 0.230 e. The number of hydrogen-bond donors (Lipinski definition) is 0. The maximum Gasteiger partial charge on any atom is 0.278 e. The standard InChI is InChI=1S/C28H30N3/c1-3-21-16-11-17-22(4-2)28(21)31-20-30-25(18-19-26(30)29-31)27(23-12-7-5-8-13-23)24-14-9-6-10-15-24/h5-17,20,25,27H,3-4,18-19H2,1-2H3/q+1/t25-/m0/s1. The zero-order valence-corrected chi connectivity index (χ0v) is 18.4. The first-order chi connectivity index (χ1) is 15.3. The van der Waals surface area contributed by atoms with Crippen LogP contribution in [-0.2, 0) is 19.3 Å². The van der Waals surface area contributed by atoms with Crippen LogP contribution in [0.5, 0.6) is 0 Å². The number of aromatic nitrogens is 3. The van der Waals surface area contributed by atoms with Gasteiger partial charge >= 0.3 is 0 Å². The quantitative estimate of drug-likeness (QED) is 0.380.